The summed E-state index contributed by atoms with van der Waals surface area (Å²) in [7, 11) is 1.73. The number of piperazine rings is 1. The minimum atomic E-state index is 0.305. The van der Waals surface area contributed by atoms with E-state index in [9.17, 15) is 4.79 Å². The summed E-state index contributed by atoms with van der Waals surface area (Å²) in [6, 6.07) is 0.705. The third kappa shape index (κ3) is 4.23. The molecule has 2 fully saturated rings. The van der Waals surface area contributed by atoms with Gasteiger partial charge in [0.05, 0.1) is 6.61 Å². The van der Waals surface area contributed by atoms with Crippen LogP contribution in [-0.2, 0) is 9.53 Å². The SMILES string of the molecule is COCCN(CCC(=O)N1CCNCC1)C1CC1. The molecule has 1 saturated heterocycles. The van der Waals surface area contributed by atoms with E-state index in [1.165, 1.54) is 12.8 Å². The average molecular weight is 255 g/mol. The second-order valence-electron chi connectivity index (χ2n) is 5.14. The number of ether oxygens (including phenoxy) is 1. The number of hydrogen-bond acceptors (Lipinski definition) is 4. The molecule has 18 heavy (non-hydrogen) atoms. The maximum Gasteiger partial charge on any atom is 0.223 e. The Kier molecular flexibility index (Phi) is 5.41. The van der Waals surface area contributed by atoms with Crippen molar-refractivity contribution in [3.05, 3.63) is 0 Å². The maximum absolute atomic E-state index is 12.1. The van der Waals surface area contributed by atoms with Gasteiger partial charge in [-0.1, -0.05) is 0 Å². The van der Waals surface area contributed by atoms with Crippen molar-refractivity contribution < 1.29 is 9.53 Å². The van der Waals surface area contributed by atoms with Crippen molar-refractivity contribution in [2.45, 2.75) is 25.3 Å². The molecule has 104 valence electrons. The molecule has 1 aliphatic carbocycles. The van der Waals surface area contributed by atoms with E-state index in [2.05, 4.69) is 10.2 Å². The molecule has 0 aromatic carbocycles. The third-order valence-electron chi connectivity index (χ3n) is 3.73. The number of carbonyl (C=O) groups is 1. The fourth-order valence-electron chi connectivity index (χ4n) is 2.44. The number of nitrogens with one attached hydrogen (secondary N) is 1. The van der Waals surface area contributed by atoms with E-state index < -0.39 is 0 Å². The first-order chi connectivity index (χ1) is 8.81. The molecule has 1 amide bonds. The summed E-state index contributed by atoms with van der Waals surface area (Å²) in [5.41, 5.74) is 0. The van der Waals surface area contributed by atoms with Crippen LogP contribution in [0.2, 0.25) is 0 Å². The van der Waals surface area contributed by atoms with Gasteiger partial charge in [0.1, 0.15) is 0 Å². The summed E-state index contributed by atoms with van der Waals surface area (Å²) in [4.78, 5) is 16.4. The predicted octanol–water partition coefficient (Wildman–Crippen LogP) is -0.0809. The first kappa shape index (κ1) is 13.8. The largest absolute Gasteiger partial charge is 0.383 e. The van der Waals surface area contributed by atoms with Crippen LogP contribution < -0.4 is 5.32 Å². The van der Waals surface area contributed by atoms with Crippen molar-refractivity contribution in [2.75, 3.05) is 53.0 Å². The smallest absolute Gasteiger partial charge is 0.223 e. The first-order valence-corrected chi connectivity index (χ1v) is 7.02. The molecule has 1 heterocycles. The van der Waals surface area contributed by atoms with Gasteiger partial charge in [0.2, 0.25) is 5.91 Å². The van der Waals surface area contributed by atoms with Crippen molar-refractivity contribution in [3.8, 4) is 0 Å². The van der Waals surface area contributed by atoms with Crippen LogP contribution in [-0.4, -0.2) is 74.7 Å². The minimum absolute atomic E-state index is 0.305. The molecule has 0 spiro atoms. The van der Waals surface area contributed by atoms with Crippen LogP contribution in [0, 0.1) is 0 Å². The zero-order chi connectivity index (χ0) is 12.8. The van der Waals surface area contributed by atoms with Crippen molar-refractivity contribution in [2.24, 2.45) is 0 Å². The summed E-state index contributed by atoms with van der Waals surface area (Å²) in [6.07, 6.45) is 3.22. The Labute approximate surface area is 109 Å². The molecule has 0 aromatic heterocycles. The standard InChI is InChI=1S/C13H25N3O2/c1-18-11-10-15(12-2-3-12)7-4-13(17)16-8-5-14-6-9-16/h12,14H,2-11H2,1H3. The second-order valence-corrected chi connectivity index (χ2v) is 5.14. The van der Waals surface area contributed by atoms with E-state index in [1.54, 1.807) is 7.11 Å². The van der Waals surface area contributed by atoms with E-state index in [-0.39, 0.29) is 0 Å². The molecular weight excluding hydrogens is 230 g/mol. The zero-order valence-electron chi connectivity index (χ0n) is 11.4. The molecule has 2 aliphatic rings. The van der Waals surface area contributed by atoms with E-state index in [1.807, 2.05) is 4.90 Å². The topological polar surface area (TPSA) is 44.8 Å². The molecule has 2 rings (SSSR count). The Morgan fingerprint density at radius 3 is 2.67 bits per heavy atom. The minimum Gasteiger partial charge on any atom is -0.383 e. The Balaban J connectivity index is 1.69. The number of rotatable bonds is 7. The van der Waals surface area contributed by atoms with Crippen LogP contribution in [0.5, 0.6) is 0 Å². The number of amides is 1. The maximum atomic E-state index is 12.1. The van der Waals surface area contributed by atoms with Crippen molar-refractivity contribution in [1.82, 2.24) is 15.1 Å². The Hall–Kier alpha value is -0.650. The summed E-state index contributed by atoms with van der Waals surface area (Å²) >= 11 is 0. The quantitative estimate of drug-likeness (QED) is 0.691. The van der Waals surface area contributed by atoms with Gasteiger partial charge < -0.3 is 15.0 Å². The lowest BCUT2D eigenvalue weighted by atomic mass is 10.3. The van der Waals surface area contributed by atoms with Crippen LogP contribution in [0.25, 0.3) is 0 Å². The predicted molar refractivity (Wildman–Crippen MR) is 70.5 cm³/mol. The van der Waals surface area contributed by atoms with E-state index in [0.717, 1.165) is 45.9 Å². The molecule has 1 saturated carbocycles. The lowest BCUT2D eigenvalue weighted by molar-refractivity contribution is -0.132. The van der Waals surface area contributed by atoms with E-state index >= 15 is 0 Å². The van der Waals surface area contributed by atoms with Gasteiger partial charge in [0, 0.05) is 58.8 Å². The molecule has 0 atom stereocenters. The Bertz CT molecular complexity index is 263. The Morgan fingerprint density at radius 1 is 1.33 bits per heavy atom. The number of nitrogens with zero attached hydrogens (tertiary/aromatic N) is 2. The zero-order valence-corrected chi connectivity index (χ0v) is 11.4. The van der Waals surface area contributed by atoms with Crippen molar-refractivity contribution in [1.29, 1.82) is 0 Å². The molecule has 0 unspecified atom stereocenters. The van der Waals surface area contributed by atoms with Crippen LogP contribution >= 0.6 is 0 Å². The third-order valence-corrected chi connectivity index (χ3v) is 3.73. The van der Waals surface area contributed by atoms with Gasteiger partial charge in [-0.2, -0.15) is 0 Å². The second kappa shape index (κ2) is 7.07. The molecule has 0 radical (unpaired) electrons. The number of methoxy groups -OCH3 is 1. The molecule has 0 aromatic rings. The fraction of sp³-hybridized carbons (Fsp3) is 0.923. The molecule has 5 heteroatoms. The van der Waals surface area contributed by atoms with Crippen LogP contribution in [0.1, 0.15) is 19.3 Å². The lowest BCUT2D eigenvalue weighted by Gasteiger charge is -2.29. The van der Waals surface area contributed by atoms with E-state index in [0.29, 0.717) is 18.4 Å². The highest BCUT2D eigenvalue weighted by Gasteiger charge is 2.29. The summed E-state index contributed by atoms with van der Waals surface area (Å²) in [5, 5.41) is 3.27. The number of hydrogen-bond donors (Lipinski definition) is 1. The van der Waals surface area contributed by atoms with Gasteiger partial charge in [-0.15, -0.1) is 0 Å². The summed E-state index contributed by atoms with van der Waals surface area (Å²) < 4.78 is 5.13. The van der Waals surface area contributed by atoms with Gasteiger partial charge in [0.15, 0.2) is 0 Å². The molecule has 1 N–H and O–H groups in total. The highest BCUT2D eigenvalue weighted by molar-refractivity contribution is 5.76. The van der Waals surface area contributed by atoms with Crippen LogP contribution in [0.4, 0.5) is 0 Å². The lowest BCUT2D eigenvalue weighted by Crippen LogP contribution is -2.47. The number of carbonyl (C=O) groups excluding carboxylic acids is 1. The van der Waals surface area contributed by atoms with E-state index in [4.69, 9.17) is 4.74 Å². The summed E-state index contributed by atoms with van der Waals surface area (Å²) in [6.45, 7) is 6.19. The first-order valence-electron chi connectivity index (χ1n) is 7.02. The average Bonchev–Trinajstić information content (AvgIpc) is 3.24. The highest BCUT2D eigenvalue weighted by atomic mass is 16.5. The van der Waals surface area contributed by atoms with Crippen molar-refractivity contribution in [3.63, 3.8) is 0 Å². The molecule has 1 aliphatic heterocycles. The monoisotopic (exact) mass is 255 g/mol. The van der Waals surface area contributed by atoms with Gasteiger partial charge in [-0.25, -0.2) is 0 Å². The van der Waals surface area contributed by atoms with Gasteiger partial charge in [0.25, 0.3) is 0 Å². The van der Waals surface area contributed by atoms with Gasteiger partial charge in [-0.3, -0.25) is 9.69 Å². The molecule has 0 bridgehead atoms. The highest BCUT2D eigenvalue weighted by Crippen LogP contribution is 2.26. The Morgan fingerprint density at radius 2 is 2.06 bits per heavy atom. The normalized spacial score (nSPS) is 20.4. The van der Waals surface area contributed by atoms with Gasteiger partial charge in [-0.05, 0) is 12.8 Å². The fourth-order valence-corrected chi connectivity index (χ4v) is 2.44. The van der Waals surface area contributed by atoms with Crippen LogP contribution in [0.3, 0.4) is 0 Å². The van der Waals surface area contributed by atoms with Gasteiger partial charge >= 0.3 is 0 Å². The molecular formula is C13H25N3O2. The van der Waals surface area contributed by atoms with Crippen molar-refractivity contribution >= 4 is 5.91 Å². The van der Waals surface area contributed by atoms with Crippen LogP contribution in [0.15, 0.2) is 0 Å². The summed E-state index contributed by atoms with van der Waals surface area (Å²) in [5.74, 6) is 0.305. The molecule has 5 nitrogen and oxygen atoms in total.